The van der Waals surface area contributed by atoms with Crippen LogP contribution in [0.2, 0.25) is 0 Å². The third-order valence-electron chi connectivity index (χ3n) is 2.77. The molecule has 1 atom stereocenters. The number of nitrogens with zero attached hydrogens (tertiary/aromatic N) is 2. The maximum atomic E-state index is 12.1. The number of rotatable bonds is 7. The van der Waals surface area contributed by atoms with Crippen molar-refractivity contribution < 1.29 is 9.90 Å². The van der Waals surface area contributed by atoms with E-state index in [0.29, 0.717) is 12.3 Å². The molecule has 0 spiro atoms. The van der Waals surface area contributed by atoms with Gasteiger partial charge in [-0.15, -0.1) is 0 Å². The Kier molecular flexibility index (Phi) is 6.75. The zero-order chi connectivity index (χ0) is 13.4. The van der Waals surface area contributed by atoms with Crippen molar-refractivity contribution in [3.8, 4) is 0 Å². The second-order valence-corrected chi connectivity index (χ2v) is 4.89. The lowest BCUT2D eigenvalue weighted by Crippen LogP contribution is -2.42. The lowest BCUT2D eigenvalue weighted by Gasteiger charge is -2.29. The first kappa shape index (κ1) is 15.0. The SMILES string of the molecule is CCC(CO)N(Cc1ccccn1)C(=O)CSC. The van der Waals surface area contributed by atoms with Crippen LogP contribution in [0.1, 0.15) is 19.0 Å². The van der Waals surface area contributed by atoms with E-state index in [4.69, 9.17) is 0 Å². The van der Waals surface area contributed by atoms with Crippen molar-refractivity contribution >= 4 is 17.7 Å². The van der Waals surface area contributed by atoms with Crippen molar-refractivity contribution in [2.45, 2.75) is 25.9 Å². The lowest BCUT2D eigenvalue weighted by atomic mass is 10.2. The molecule has 0 aliphatic carbocycles. The van der Waals surface area contributed by atoms with Gasteiger partial charge < -0.3 is 10.0 Å². The standard InChI is InChI=1S/C13H20N2O2S/c1-3-12(9-16)15(13(17)10-18-2)8-11-6-4-5-7-14-11/h4-7,12,16H,3,8-10H2,1-2H3. The molecule has 100 valence electrons. The Morgan fingerprint density at radius 1 is 1.56 bits per heavy atom. The van der Waals surface area contributed by atoms with E-state index in [1.54, 1.807) is 11.1 Å². The molecule has 0 radical (unpaired) electrons. The fourth-order valence-electron chi connectivity index (χ4n) is 1.74. The van der Waals surface area contributed by atoms with Gasteiger partial charge in [-0.2, -0.15) is 11.8 Å². The number of hydrogen-bond acceptors (Lipinski definition) is 4. The molecule has 18 heavy (non-hydrogen) atoms. The van der Waals surface area contributed by atoms with E-state index >= 15 is 0 Å². The first-order valence-corrected chi connectivity index (χ1v) is 7.41. The van der Waals surface area contributed by atoms with Crippen molar-refractivity contribution in [1.82, 2.24) is 9.88 Å². The van der Waals surface area contributed by atoms with Crippen molar-refractivity contribution in [1.29, 1.82) is 0 Å². The minimum absolute atomic E-state index is 0.0105. The van der Waals surface area contributed by atoms with Gasteiger partial charge in [-0.25, -0.2) is 0 Å². The molecule has 1 heterocycles. The Morgan fingerprint density at radius 3 is 2.83 bits per heavy atom. The second kappa shape index (κ2) is 8.11. The van der Waals surface area contributed by atoms with Crippen LogP contribution in [0, 0.1) is 0 Å². The minimum Gasteiger partial charge on any atom is -0.394 e. The lowest BCUT2D eigenvalue weighted by molar-refractivity contribution is -0.132. The molecule has 1 unspecified atom stereocenters. The maximum absolute atomic E-state index is 12.1. The van der Waals surface area contributed by atoms with Crippen molar-refractivity contribution in [2.24, 2.45) is 0 Å². The minimum atomic E-state index is -0.133. The summed E-state index contributed by atoms with van der Waals surface area (Å²) in [5.74, 6) is 0.484. The van der Waals surface area contributed by atoms with Crippen LogP contribution in [0.25, 0.3) is 0 Å². The summed E-state index contributed by atoms with van der Waals surface area (Å²) in [4.78, 5) is 18.0. The Labute approximate surface area is 112 Å². The van der Waals surface area contributed by atoms with Gasteiger partial charge in [-0.1, -0.05) is 13.0 Å². The number of thioether (sulfide) groups is 1. The average Bonchev–Trinajstić information content (AvgIpc) is 2.40. The maximum Gasteiger partial charge on any atom is 0.233 e. The van der Waals surface area contributed by atoms with Gasteiger partial charge in [-0.3, -0.25) is 9.78 Å². The number of carbonyl (C=O) groups is 1. The van der Waals surface area contributed by atoms with Crippen LogP contribution in [0.4, 0.5) is 0 Å². The molecule has 1 rings (SSSR count). The van der Waals surface area contributed by atoms with Gasteiger partial charge in [0.2, 0.25) is 5.91 Å². The van der Waals surface area contributed by atoms with E-state index in [1.807, 2.05) is 31.4 Å². The molecule has 1 amide bonds. The first-order valence-electron chi connectivity index (χ1n) is 6.02. The van der Waals surface area contributed by atoms with Gasteiger partial charge in [-0.05, 0) is 24.8 Å². The summed E-state index contributed by atoms with van der Waals surface area (Å²) in [6.45, 7) is 2.42. The normalized spacial score (nSPS) is 12.2. The Morgan fingerprint density at radius 2 is 2.33 bits per heavy atom. The summed E-state index contributed by atoms with van der Waals surface area (Å²) >= 11 is 1.49. The van der Waals surface area contributed by atoms with Crippen molar-refractivity contribution in [3.05, 3.63) is 30.1 Å². The van der Waals surface area contributed by atoms with Crippen molar-refractivity contribution in [2.75, 3.05) is 18.6 Å². The predicted octanol–water partition coefficient (Wildman–Crippen LogP) is 1.54. The summed E-state index contributed by atoms with van der Waals surface area (Å²) < 4.78 is 0. The molecule has 0 fully saturated rings. The zero-order valence-electron chi connectivity index (χ0n) is 10.9. The number of carbonyl (C=O) groups excluding carboxylic acids is 1. The number of aliphatic hydroxyl groups is 1. The van der Waals surface area contributed by atoms with Gasteiger partial charge in [0.25, 0.3) is 0 Å². The summed E-state index contributed by atoms with van der Waals surface area (Å²) in [6, 6.07) is 5.51. The number of amides is 1. The summed E-state index contributed by atoms with van der Waals surface area (Å²) in [6.07, 6.45) is 4.35. The molecule has 0 aliphatic heterocycles. The van der Waals surface area contributed by atoms with Gasteiger partial charge >= 0.3 is 0 Å². The third-order valence-corrected chi connectivity index (χ3v) is 3.31. The number of aliphatic hydroxyl groups excluding tert-OH is 1. The van der Waals surface area contributed by atoms with Gasteiger partial charge in [0.15, 0.2) is 0 Å². The van der Waals surface area contributed by atoms with Crippen LogP contribution in [-0.2, 0) is 11.3 Å². The quantitative estimate of drug-likeness (QED) is 0.815. The topological polar surface area (TPSA) is 53.4 Å². The van der Waals surface area contributed by atoms with Crippen LogP contribution < -0.4 is 0 Å². The predicted molar refractivity (Wildman–Crippen MR) is 74.3 cm³/mol. The molecule has 4 nitrogen and oxygen atoms in total. The summed E-state index contributed by atoms with van der Waals surface area (Å²) in [7, 11) is 0. The smallest absolute Gasteiger partial charge is 0.233 e. The highest BCUT2D eigenvalue weighted by molar-refractivity contribution is 7.99. The second-order valence-electron chi connectivity index (χ2n) is 4.02. The third kappa shape index (κ3) is 4.31. The molecule has 0 aliphatic rings. The highest BCUT2D eigenvalue weighted by Crippen LogP contribution is 2.11. The average molecular weight is 268 g/mol. The molecule has 1 N–H and O–H groups in total. The summed E-state index contributed by atoms with van der Waals surface area (Å²) in [5, 5.41) is 9.37. The molecule has 1 aromatic rings. The number of pyridine rings is 1. The van der Waals surface area contributed by atoms with E-state index < -0.39 is 0 Å². The zero-order valence-corrected chi connectivity index (χ0v) is 11.7. The molecule has 5 heteroatoms. The first-order chi connectivity index (χ1) is 8.72. The molecular weight excluding hydrogens is 248 g/mol. The monoisotopic (exact) mass is 268 g/mol. The van der Waals surface area contributed by atoms with E-state index in [-0.39, 0.29) is 18.6 Å². The van der Waals surface area contributed by atoms with Crippen LogP contribution in [-0.4, -0.2) is 45.6 Å². The fourth-order valence-corrected chi connectivity index (χ4v) is 2.15. The molecule has 0 saturated carbocycles. The molecule has 0 bridgehead atoms. The molecule has 1 aromatic heterocycles. The van der Waals surface area contributed by atoms with Gasteiger partial charge in [0.1, 0.15) is 0 Å². The highest BCUT2D eigenvalue weighted by Gasteiger charge is 2.21. The molecule has 0 aromatic carbocycles. The van der Waals surface area contributed by atoms with Crippen molar-refractivity contribution in [3.63, 3.8) is 0 Å². The molecular formula is C13H20N2O2S. The number of hydrogen-bond donors (Lipinski definition) is 1. The van der Waals surface area contributed by atoms with E-state index in [9.17, 15) is 9.90 Å². The van der Waals surface area contributed by atoms with E-state index in [2.05, 4.69) is 4.98 Å². The van der Waals surface area contributed by atoms with Gasteiger partial charge in [0, 0.05) is 6.20 Å². The number of aromatic nitrogens is 1. The van der Waals surface area contributed by atoms with E-state index in [0.717, 1.165) is 12.1 Å². The van der Waals surface area contributed by atoms with E-state index in [1.165, 1.54) is 11.8 Å². The molecule has 0 saturated heterocycles. The van der Waals surface area contributed by atoms with Crippen LogP contribution in [0.15, 0.2) is 24.4 Å². The van der Waals surface area contributed by atoms with Gasteiger partial charge in [0.05, 0.1) is 30.6 Å². The Balaban J connectivity index is 2.80. The summed E-state index contributed by atoms with van der Waals surface area (Å²) in [5.41, 5.74) is 0.846. The Hall–Kier alpha value is -1.07. The highest BCUT2D eigenvalue weighted by atomic mass is 32.2. The largest absolute Gasteiger partial charge is 0.394 e. The van der Waals surface area contributed by atoms with Crippen LogP contribution in [0.5, 0.6) is 0 Å². The van der Waals surface area contributed by atoms with Crippen LogP contribution in [0.3, 0.4) is 0 Å². The van der Waals surface area contributed by atoms with Crippen LogP contribution >= 0.6 is 11.8 Å². The Bertz CT molecular complexity index is 355. The fraction of sp³-hybridized carbons (Fsp3) is 0.538.